The molecule has 1 aliphatic rings. The van der Waals surface area contributed by atoms with E-state index in [0.717, 1.165) is 5.56 Å². The average molecular weight is 211 g/mol. The molecule has 0 unspecified atom stereocenters. The van der Waals surface area contributed by atoms with Crippen LogP contribution in [0.25, 0.3) is 0 Å². The predicted octanol–water partition coefficient (Wildman–Crippen LogP) is 1.43. The molecular formula is C10H11ClN2O. The lowest BCUT2D eigenvalue weighted by atomic mass is 10.1. The van der Waals surface area contributed by atoms with Gasteiger partial charge in [-0.05, 0) is 23.8 Å². The normalized spacial score (nSPS) is 20.1. The maximum Gasteiger partial charge on any atom is 0.254 e. The average Bonchev–Trinajstić information content (AvgIpc) is 2.39. The summed E-state index contributed by atoms with van der Waals surface area (Å²) in [6.45, 7) is 0.426. The number of carbonyl (C=O) groups excluding carboxylic acids is 1. The summed E-state index contributed by atoms with van der Waals surface area (Å²) in [7, 11) is 1.76. The van der Waals surface area contributed by atoms with Crippen LogP contribution in [-0.2, 0) is 0 Å². The minimum Gasteiger partial charge on any atom is -0.333 e. The number of rotatable bonds is 1. The summed E-state index contributed by atoms with van der Waals surface area (Å²) in [5, 5.41) is 0.644. The zero-order valence-corrected chi connectivity index (χ0v) is 8.58. The summed E-state index contributed by atoms with van der Waals surface area (Å²) in [6.07, 6.45) is 0. The van der Waals surface area contributed by atoms with Crippen molar-refractivity contribution in [3.8, 4) is 0 Å². The van der Waals surface area contributed by atoms with Crippen molar-refractivity contribution in [1.29, 1.82) is 0 Å². The highest BCUT2D eigenvalue weighted by Crippen LogP contribution is 2.33. The van der Waals surface area contributed by atoms with Crippen molar-refractivity contribution in [2.75, 3.05) is 13.6 Å². The maximum absolute atomic E-state index is 11.7. The van der Waals surface area contributed by atoms with Gasteiger partial charge in [0, 0.05) is 24.2 Å². The van der Waals surface area contributed by atoms with Gasteiger partial charge < -0.3 is 10.6 Å². The number of nitrogens with zero attached hydrogens (tertiary/aromatic N) is 1. The van der Waals surface area contributed by atoms with Gasteiger partial charge in [0.25, 0.3) is 5.91 Å². The number of hydrogen-bond donors (Lipinski definition) is 1. The Bertz CT molecular complexity index is 392. The Morgan fingerprint density at radius 2 is 2.29 bits per heavy atom. The number of fused-ring (bicyclic) bond motifs is 1. The first-order valence-corrected chi connectivity index (χ1v) is 4.79. The molecule has 1 atom stereocenters. The molecule has 0 aliphatic carbocycles. The molecule has 3 nitrogen and oxygen atoms in total. The monoisotopic (exact) mass is 210 g/mol. The highest BCUT2D eigenvalue weighted by molar-refractivity contribution is 6.30. The Kier molecular flexibility index (Phi) is 2.21. The van der Waals surface area contributed by atoms with Crippen LogP contribution in [0.4, 0.5) is 0 Å². The summed E-state index contributed by atoms with van der Waals surface area (Å²) >= 11 is 5.87. The smallest absolute Gasteiger partial charge is 0.254 e. The second kappa shape index (κ2) is 3.26. The van der Waals surface area contributed by atoms with Crippen LogP contribution < -0.4 is 5.73 Å². The van der Waals surface area contributed by atoms with Crippen molar-refractivity contribution in [2.24, 2.45) is 5.73 Å². The summed E-state index contributed by atoms with van der Waals surface area (Å²) in [5.74, 6) is 0.0205. The molecule has 1 aromatic carbocycles. The van der Waals surface area contributed by atoms with Crippen LogP contribution in [0.15, 0.2) is 18.2 Å². The molecule has 1 heterocycles. The van der Waals surface area contributed by atoms with Crippen molar-refractivity contribution in [1.82, 2.24) is 4.90 Å². The molecule has 0 saturated heterocycles. The van der Waals surface area contributed by atoms with E-state index >= 15 is 0 Å². The molecule has 1 aliphatic heterocycles. The quantitative estimate of drug-likeness (QED) is 0.762. The third kappa shape index (κ3) is 1.21. The molecule has 0 saturated carbocycles. The molecule has 14 heavy (non-hydrogen) atoms. The van der Waals surface area contributed by atoms with Crippen molar-refractivity contribution in [2.45, 2.75) is 6.04 Å². The van der Waals surface area contributed by atoms with Crippen molar-refractivity contribution in [3.63, 3.8) is 0 Å². The van der Waals surface area contributed by atoms with Gasteiger partial charge in [0.1, 0.15) is 0 Å². The van der Waals surface area contributed by atoms with E-state index in [2.05, 4.69) is 0 Å². The Balaban J connectivity index is 2.56. The van der Waals surface area contributed by atoms with Crippen LogP contribution in [0, 0.1) is 0 Å². The highest BCUT2D eigenvalue weighted by atomic mass is 35.5. The molecular weight excluding hydrogens is 200 g/mol. The number of benzene rings is 1. The molecule has 0 fully saturated rings. The lowest BCUT2D eigenvalue weighted by molar-refractivity contribution is 0.0778. The molecule has 74 valence electrons. The van der Waals surface area contributed by atoms with Crippen molar-refractivity contribution < 1.29 is 4.79 Å². The van der Waals surface area contributed by atoms with Crippen LogP contribution in [-0.4, -0.2) is 24.4 Å². The van der Waals surface area contributed by atoms with E-state index < -0.39 is 0 Å². The van der Waals surface area contributed by atoms with Gasteiger partial charge in [0.15, 0.2) is 0 Å². The SMILES string of the molecule is CN1C(=O)c2ccc(Cl)cc2[C@@H]1CN. The van der Waals surface area contributed by atoms with Crippen LogP contribution in [0.1, 0.15) is 22.0 Å². The molecule has 0 radical (unpaired) electrons. The molecule has 2 N–H and O–H groups in total. The van der Waals surface area contributed by atoms with Gasteiger partial charge in [-0.3, -0.25) is 4.79 Å². The Morgan fingerprint density at radius 1 is 1.57 bits per heavy atom. The Morgan fingerprint density at radius 3 is 2.93 bits per heavy atom. The zero-order valence-electron chi connectivity index (χ0n) is 7.83. The van der Waals surface area contributed by atoms with Gasteiger partial charge >= 0.3 is 0 Å². The summed E-state index contributed by atoms with van der Waals surface area (Å²) in [5.41, 5.74) is 7.27. The number of likely N-dealkylation sites (N-methyl/N-ethyl adjacent to an activating group) is 1. The van der Waals surface area contributed by atoms with Gasteiger partial charge in [0.2, 0.25) is 0 Å². The van der Waals surface area contributed by atoms with E-state index in [9.17, 15) is 4.79 Å². The van der Waals surface area contributed by atoms with E-state index in [-0.39, 0.29) is 11.9 Å². The standard InChI is InChI=1S/C10H11ClN2O/c1-13-9(5-12)8-4-6(11)2-3-7(8)10(13)14/h2-4,9H,5,12H2,1H3/t9-/m0/s1. The first kappa shape index (κ1) is 9.49. The predicted molar refractivity (Wildman–Crippen MR) is 55.3 cm³/mol. The first-order valence-electron chi connectivity index (χ1n) is 4.42. The number of nitrogens with two attached hydrogens (primary N) is 1. The minimum absolute atomic E-state index is 0.0205. The van der Waals surface area contributed by atoms with Crippen LogP contribution >= 0.6 is 11.6 Å². The third-order valence-corrected chi connectivity index (χ3v) is 2.85. The molecule has 4 heteroatoms. The second-order valence-electron chi connectivity index (χ2n) is 3.40. The van der Waals surface area contributed by atoms with Crippen LogP contribution in [0.2, 0.25) is 5.02 Å². The number of hydrogen-bond acceptors (Lipinski definition) is 2. The third-order valence-electron chi connectivity index (χ3n) is 2.61. The first-order chi connectivity index (χ1) is 6.65. The molecule has 0 aromatic heterocycles. The Hall–Kier alpha value is -1.06. The molecule has 0 spiro atoms. The molecule has 0 bridgehead atoms. The molecule has 1 aromatic rings. The van der Waals surface area contributed by atoms with E-state index in [1.165, 1.54) is 0 Å². The molecule has 1 amide bonds. The van der Waals surface area contributed by atoms with E-state index in [1.54, 1.807) is 24.1 Å². The number of halogens is 1. The van der Waals surface area contributed by atoms with E-state index in [0.29, 0.717) is 17.1 Å². The fourth-order valence-corrected chi connectivity index (χ4v) is 2.01. The van der Waals surface area contributed by atoms with Crippen LogP contribution in [0.5, 0.6) is 0 Å². The largest absolute Gasteiger partial charge is 0.333 e. The summed E-state index contributed by atoms with van der Waals surface area (Å²) < 4.78 is 0. The lowest BCUT2D eigenvalue weighted by Crippen LogP contribution is -2.28. The summed E-state index contributed by atoms with van der Waals surface area (Å²) in [4.78, 5) is 13.4. The van der Waals surface area contributed by atoms with Crippen molar-refractivity contribution in [3.05, 3.63) is 34.3 Å². The van der Waals surface area contributed by atoms with Crippen molar-refractivity contribution >= 4 is 17.5 Å². The fourth-order valence-electron chi connectivity index (χ4n) is 1.83. The van der Waals surface area contributed by atoms with E-state index in [1.807, 2.05) is 6.07 Å². The maximum atomic E-state index is 11.7. The summed E-state index contributed by atoms with van der Waals surface area (Å²) in [6, 6.07) is 5.27. The van der Waals surface area contributed by atoms with Gasteiger partial charge in [-0.2, -0.15) is 0 Å². The highest BCUT2D eigenvalue weighted by Gasteiger charge is 2.32. The zero-order chi connectivity index (χ0) is 10.3. The van der Waals surface area contributed by atoms with Crippen LogP contribution in [0.3, 0.4) is 0 Å². The van der Waals surface area contributed by atoms with Gasteiger partial charge in [-0.25, -0.2) is 0 Å². The number of carbonyl (C=O) groups is 1. The second-order valence-corrected chi connectivity index (χ2v) is 3.84. The van der Waals surface area contributed by atoms with Gasteiger partial charge in [0.05, 0.1) is 6.04 Å². The minimum atomic E-state index is -0.0313. The van der Waals surface area contributed by atoms with Gasteiger partial charge in [-0.1, -0.05) is 11.6 Å². The van der Waals surface area contributed by atoms with Gasteiger partial charge in [-0.15, -0.1) is 0 Å². The topological polar surface area (TPSA) is 46.3 Å². The fraction of sp³-hybridized carbons (Fsp3) is 0.300. The lowest BCUT2D eigenvalue weighted by Gasteiger charge is -2.18. The Labute approximate surface area is 87.4 Å². The molecule has 2 rings (SSSR count). The van der Waals surface area contributed by atoms with E-state index in [4.69, 9.17) is 17.3 Å². The number of amides is 1.